The molecule has 0 radical (unpaired) electrons. The van der Waals surface area contributed by atoms with Crippen molar-refractivity contribution >= 4 is 33.8 Å². The Morgan fingerprint density at radius 1 is 1.04 bits per heavy atom. The normalized spacial score (nSPS) is 10.8. The molecule has 0 aliphatic heterocycles. The molecule has 0 aliphatic rings. The molecule has 2 rings (SSSR count). The van der Waals surface area contributed by atoms with E-state index < -0.39 is 5.97 Å². The molecule has 0 fully saturated rings. The Morgan fingerprint density at radius 3 is 2.42 bits per heavy atom. The van der Waals surface area contributed by atoms with Crippen LogP contribution in [0.4, 0.5) is 0 Å². The van der Waals surface area contributed by atoms with Crippen LogP contribution in [0, 0.1) is 20.8 Å². The zero-order valence-electron chi connectivity index (χ0n) is 15.3. The van der Waals surface area contributed by atoms with Crippen LogP contribution in [0.3, 0.4) is 0 Å². The van der Waals surface area contributed by atoms with E-state index in [1.807, 2.05) is 45.0 Å². The van der Waals surface area contributed by atoms with Crippen LogP contribution in [0.2, 0.25) is 0 Å². The van der Waals surface area contributed by atoms with Crippen LogP contribution >= 0.6 is 15.9 Å². The second-order valence-electron chi connectivity index (χ2n) is 6.00. The standard InChI is InChI=1S/C21H21BrO4/c1-13-9-15(3)18(10-14(13)2)19(23)12-26-21(24)8-5-16-11-17(22)6-7-20(16)25-4/h5-11H,12H2,1-4H3/b8-5+. The first-order valence-electron chi connectivity index (χ1n) is 8.11. The van der Waals surface area contributed by atoms with E-state index in [1.54, 1.807) is 19.3 Å². The first-order valence-corrected chi connectivity index (χ1v) is 8.90. The Hall–Kier alpha value is -2.40. The molecule has 0 spiro atoms. The van der Waals surface area contributed by atoms with Crippen LogP contribution in [-0.2, 0) is 9.53 Å². The number of aryl methyl sites for hydroxylation is 3. The van der Waals surface area contributed by atoms with Gasteiger partial charge in [-0.3, -0.25) is 4.79 Å². The molecule has 0 heterocycles. The van der Waals surface area contributed by atoms with Crippen molar-refractivity contribution in [2.24, 2.45) is 0 Å². The van der Waals surface area contributed by atoms with Crippen molar-refractivity contribution in [1.82, 2.24) is 0 Å². The van der Waals surface area contributed by atoms with Gasteiger partial charge in [0.15, 0.2) is 6.61 Å². The molecule has 0 aromatic heterocycles. The van der Waals surface area contributed by atoms with Crippen LogP contribution < -0.4 is 4.74 Å². The van der Waals surface area contributed by atoms with E-state index in [4.69, 9.17) is 9.47 Å². The van der Waals surface area contributed by atoms with E-state index in [9.17, 15) is 9.59 Å². The molecule has 0 saturated heterocycles. The number of ether oxygens (including phenoxy) is 2. The van der Waals surface area contributed by atoms with Crippen molar-refractivity contribution in [3.8, 4) is 5.75 Å². The second kappa shape index (κ2) is 8.81. The van der Waals surface area contributed by atoms with E-state index >= 15 is 0 Å². The van der Waals surface area contributed by atoms with Crippen molar-refractivity contribution in [3.05, 3.63) is 68.7 Å². The largest absolute Gasteiger partial charge is 0.496 e. The summed E-state index contributed by atoms with van der Waals surface area (Å²) in [6.07, 6.45) is 2.88. The number of rotatable bonds is 6. The van der Waals surface area contributed by atoms with Crippen molar-refractivity contribution in [3.63, 3.8) is 0 Å². The number of carbonyl (C=O) groups excluding carboxylic acids is 2. The maximum absolute atomic E-state index is 12.3. The summed E-state index contributed by atoms with van der Waals surface area (Å²) in [5.74, 6) is -0.159. The predicted molar refractivity (Wildman–Crippen MR) is 106 cm³/mol. The molecular formula is C21H21BrO4. The number of esters is 1. The van der Waals surface area contributed by atoms with Gasteiger partial charge in [0.05, 0.1) is 7.11 Å². The maximum Gasteiger partial charge on any atom is 0.331 e. The lowest BCUT2D eigenvalue weighted by atomic mass is 9.98. The van der Waals surface area contributed by atoms with Crippen molar-refractivity contribution < 1.29 is 19.1 Å². The minimum atomic E-state index is -0.582. The van der Waals surface area contributed by atoms with Gasteiger partial charge in [-0.05, 0) is 67.8 Å². The molecule has 5 heteroatoms. The number of Topliss-reactive ketones (excluding diaryl/α,β-unsaturated/α-hetero) is 1. The lowest BCUT2D eigenvalue weighted by Crippen LogP contribution is -2.14. The van der Waals surface area contributed by atoms with Gasteiger partial charge in [0.2, 0.25) is 5.78 Å². The number of carbonyl (C=O) groups is 2. The fraction of sp³-hybridized carbons (Fsp3) is 0.238. The van der Waals surface area contributed by atoms with Gasteiger partial charge < -0.3 is 9.47 Å². The fourth-order valence-corrected chi connectivity index (χ4v) is 2.90. The molecule has 26 heavy (non-hydrogen) atoms. The summed E-state index contributed by atoms with van der Waals surface area (Å²) >= 11 is 3.38. The van der Waals surface area contributed by atoms with Crippen molar-refractivity contribution in [1.29, 1.82) is 0 Å². The average molecular weight is 417 g/mol. The highest BCUT2D eigenvalue weighted by molar-refractivity contribution is 9.10. The van der Waals surface area contributed by atoms with Crippen molar-refractivity contribution in [2.75, 3.05) is 13.7 Å². The molecule has 0 atom stereocenters. The van der Waals surface area contributed by atoms with Gasteiger partial charge in [-0.1, -0.05) is 22.0 Å². The van der Waals surface area contributed by atoms with E-state index in [-0.39, 0.29) is 12.4 Å². The lowest BCUT2D eigenvalue weighted by Gasteiger charge is -2.09. The summed E-state index contributed by atoms with van der Waals surface area (Å²) in [6.45, 7) is 5.53. The Bertz CT molecular complexity index is 869. The summed E-state index contributed by atoms with van der Waals surface area (Å²) in [5, 5.41) is 0. The van der Waals surface area contributed by atoms with E-state index in [2.05, 4.69) is 15.9 Å². The van der Waals surface area contributed by atoms with Gasteiger partial charge in [-0.2, -0.15) is 0 Å². The molecule has 2 aromatic rings. The van der Waals surface area contributed by atoms with Gasteiger partial charge in [0, 0.05) is 21.7 Å². The third-order valence-corrected chi connectivity index (χ3v) is 4.57. The average Bonchev–Trinajstić information content (AvgIpc) is 2.61. The van der Waals surface area contributed by atoms with E-state index in [0.29, 0.717) is 11.3 Å². The first kappa shape index (κ1) is 19.9. The van der Waals surface area contributed by atoms with E-state index in [1.165, 1.54) is 6.08 Å². The Morgan fingerprint density at radius 2 is 1.73 bits per heavy atom. The molecule has 4 nitrogen and oxygen atoms in total. The predicted octanol–water partition coefficient (Wildman–Crippen LogP) is 4.82. The van der Waals surface area contributed by atoms with Gasteiger partial charge in [0.1, 0.15) is 5.75 Å². The third kappa shape index (κ3) is 5.05. The maximum atomic E-state index is 12.3. The smallest absolute Gasteiger partial charge is 0.331 e. The monoisotopic (exact) mass is 416 g/mol. The van der Waals surface area contributed by atoms with Gasteiger partial charge in [-0.25, -0.2) is 4.79 Å². The number of halogens is 1. The highest BCUT2D eigenvalue weighted by atomic mass is 79.9. The number of benzene rings is 2. The van der Waals surface area contributed by atoms with Gasteiger partial charge in [0.25, 0.3) is 0 Å². The number of hydrogen-bond acceptors (Lipinski definition) is 4. The fourth-order valence-electron chi connectivity index (χ4n) is 2.52. The van der Waals surface area contributed by atoms with Crippen molar-refractivity contribution in [2.45, 2.75) is 20.8 Å². The first-order chi connectivity index (χ1) is 12.3. The van der Waals surface area contributed by atoms with Crippen LogP contribution in [0.15, 0.2) is 40.9 Å². The molecule has 136 valence electrons. The summed E-state index contributed by atoms with van der Waals surface area (Å²) in [7, 11) is 1.56. The minimum Gasteiger partial charge on any atom is -0.496 e. The highest BCUT2D eigenvalue weighted by Gasteiger charge is 2.12. The molecule has 0 saturated carbocycles. The molecule has 0 aliphatic carbocycles. The van der Waals surface area contributed by atoms with Gasteiger partial charge >= 0.3 is 5.97 Å². The minimum absolute atomic E-state index is 0.215. The zero-order chi connectivity index (χ0) is 19.3. The van der Waals surface area contributed by atoms with E-state index in [0.717, 1.165) is 26.7 Å². The molecule has 0 unspecified atom stereocenters. The lowest BCUT2D eigenvalue weighted by molar-refractivity contribution is -0.136. The number of hydrogen-bond donors (Lipinski definition) is 0. The topological polar surface area (TPSA) is 52.6 Å². The number of methoxy groups -OCH3 is 1. The molecule has 0 amide bonds. The quantitative estimate of drug-likeness (QED) is 0.384. The second-order valence-corrected chi connectivity index (χ2v) is 6.92. The summed E-state index contributed by atoms with van der Waals surface area (Å²) in [6, 6.07) is 9.26. The van der Waals surface area contributed by atoms with Gasteiger partial charge in [-0.15, -0.1) is 0 Å². The molecule has 2 aromatic carbocycles. The molecular weight excluding hydrogens is 396 g/mol. The highest BCUT2D eigenvalue weighted by Crippen LogP contribution is 2.24. The summed E-state index contributed by atoms with van der Waals surface area (Å²) in [5.41, 5.74) is 4.35. The molecule has 0 bridgehead atoms. The Kier molecular flexibility index (Phi) is 6.75. The Balaban J connectivity index is 2.02. The Labute approximate surface area is 162 Å². The van der Waals surface area contributed by atoms with Crippen LogP contribution in [0.1, 0.15) is 32.6 Å². The summed E-state index contributed by atoms with van der Waals surface area (Å²) < 4.78 is 11.2. The summed E-state index contributed by atoms with van der Waals surface area (Å²) in [4.78, 5) is 24.3. The number of ketones is 1. The van der Waals surface area contributed by atoms with Crippen LogP contribution in [0.25, 0.3) is 6.08 Å². The zero-order valence-corrected chi connectivity index (χ0v) is 16.8. The third-order valence-electron chi connectivity index (χ3n) is 4.08. The van der Waals surface area contributed by atoms with Crippen LogP contribution in [-0.4, -0.2) is 25.5 Å². The SMILES string of the molecule is COc1ccc(Br)cc1/C=C/C(=O)OCC(=O)c1cc(C)c(C)cc1C. The molecule has 0 N–H and O–H groups in total. The van der Waals surface area contributed by atoms with Crippen LogP contribution in [0.5, 0.6) is 5.75 Å².